The van der Waals surface area contributed by atoms with Gasteiger partial charge in [0.1, 0.15) is 5.82 Å². The van der Waals surface area contributed by atoms with Gasteiger partial charge in [-0.15, -0.1) is 0 Å². The molecule has 3 rings (SSSR count). The van der Waals surface area contributed by atoms with Crippen LogP contribution in [0.5, 0.6) is 0 Å². The summed E-state index contributed by atoms with van der Waals surface area (Å²) in [6.45, 7) is 2.78. The predicted octanol–water partition coefficient (Wildman–Crippen LogP) is 2.28. The lowest BCUT2D eigenvalue weighted by Crippen LogP contribution is -2.29. The van der Waals surface area contributed by atoms with Gasteiger partial charge in [-0.1, -0.05) is 0 Å². The van der Waals surface area contributed by atoms with E-state index in [4.69, 9.17) is 5.26 Å². The first-order valence-electron chi connectivity index (χ1n) is 8.45. The number of pyridine rings is 1. The van der Waals surface area contributed by atoms with Gasteiger partial charge in [0, 0.05) is 31.5 Å². The summed E-state index contributed by atoms with van der Waals surface area (Å²) in [5.74, 6) is 0.906. The van der Waals surface area contributed by atoms with Gasteiger partial charge in [-0.2, -0.15) is 5.26 Å². The number of carbonyl (C=O) groups is 1. The average Bonchev–Trinajstić information content (AvgIpc) is 3.20. The second-order valence-corrected chi connectivity index (χ2v) is 6.04. The molecule has 1 amide bonds. The van der Waals surface area contributed by atoms with E-state index in [0.29, 0.717) is 12.1 Å². The summed E-state index contributed by atoms with van der Waals surface area (Å²) in [6.07, 6.45) is 4.22. The molecule has 128 valence electrons. The Hall–Kier alpha value is -3.07. The van der Waals surface area contributed by atoms with Crippen LogP contribution >= 0.6 is 0 Å². The highest BCUT2D eigenvalue weighted by Gasteiger charge is 2.13. The molecule has 1 aliphatic rings. The van der Waals surface area contributed by atoms with Crippen LogP contribution in [0.3, 0.4) is 0 Å². The number of hydrogen-bond donors (Lipinski definition) is 2. The van der Waals surface area contributed by atoms with Gasteiger partial charge >= 0.3 is 0 Å². The van der Waals surface area contributed by atoms with Crippen molar-refractivity contribution >= 4 is 17.4 Å². The molecule has 0 bridgehead atoms. The normalized spacial score (nSPS) is 13.3. The lowest BCUT2D eigenvalue weighted by molar-refractivity contribution is -0.119. The summed E-state index contributed by atoms with van der Waals surface area (Å²) >= 11 is 0. The zero-order chi connectivity index (χ0) is 17.5. The van der Waals surface area contributed by atoms with E-state index < -0.39 is 0 Å². The Labute approximate surface area is 147 Å². The van der Waals surface area contributed by atoms with Crippen LogP contribution in [0.1, 0.15) is 24.0 Å². The summed E-state index contributed by atoms with van der Waals surface area (Å²) in [7, 11) is 0. The van der Waals surface area contributed by atoms with E-state index in [1.165, 1.54) is 12.8 Å². The molecule has 2 aromatic rings. The number of anilines is 2. The summed E-state index contributed by atoms with van der Waals surface area (Å²) < 4.78 is 0. The molecule has 1 aromatic carbocycles. The Morgan fingerprint density at radius 3 is 2.68 bits per heavy atom. The van der Waals surface area contributed by atoms with Crippen LogP contribution in [0.2, 0.25) is 0 Å². The van der Waals surface area contributed by atoms with E-state index in [9.17, 15) is 4.79 Å². The van der Waals surface area contributed by atoms with Gasteiger partial charge in [0.15, 0.2) is 0 Å². The molecule has 2 N–H and O–H groups in total. The van der Waals surface area contributed by atoms with E-state index in [1.807, 2.05) is 12.1 Å². The standard InChI is InChI=1S/C19H21N5O/c20-12-15-3-5-17(6-4-15)22-14-19(25)23-13-16-7-8-21-18(11-16)24-9-1-2-10-24/h3-8,11,22H,1-2,9-10,13-14H2,(H,23,25). The fourth-order valence-electron chi connectivity index (χ4n) is 2.80. The molecule has 6 nitrogen and oxygen atoms in total. The maximum Gasteiger partial charge on any atom is 0.239 e. The second-order valence-electron chi connectivity index (χ2n) is 6.04. The van der Waals surface area contributed by atoms with Crippen LogP contribution in [-0.4, -0.2) is 30.5 Å². The highest BCUT2D eigenvalue weighted by Crippen LogP contribution is 2.18. The second kappa shape index (κ2) is 8.15. The van der Waals surface area contributed by atoms with Crippen LogP contribution in [-0.2, 0) is 11.3 Å². The van der Waals surface area contributed by atoms with Crippen LogP contribution in [0, 0.1) is 11.3 Å². The van der Waals surface area contributed by atoms with E-state index >= 15 is 0 Å². The van der Waals surface area contributed by atoms with Crippen LogP contribution in [0.4, 0.5) is 11.5 Å². The molecule has 1 fully saturated rings. The maximum atomic E-state index is 12.0. The summed E-state index contributed by atoms with van der Waals surface area (Å²) in [5, 5.41) is 14.7. The van der Waals surface area contributed by atoms with Crippen molar-refractivity contribution in [3.05, 3.63) is 53.7 Å². The predicted molar refractivity (Wildman–Crippen MR) is 97.2 cm³/mol. The van der Waals surface area contributed by atoms with Crippen molar-refractivity contribution in [2.24, 2.45) is 0 Å². The lowest BCUT2D eigenvalue weighted by atomic mass is 10.2. The highest BCUT2D eigenvalue weighted by atomic mass is 16.1. The van der Waals surface area contributed by atoms with Gasteiger partial charge in [-0.25, -0.2) is 4.98 Å². The molecule has 6 heteroatoms. The maximum absolute atomic E-state index is 12.0. The van der Waals surface area contributed by atoms with E-state index in [-0.39, 0.29) is 12.5 Å². The minimum atomic E-state index is -0.0797. The average molecular weight is 335 g/mol. The minimum Gasteiger partial charge on any atom is -0.376 e. The fraction of sp³-hybridized carbons (Fsp3) is 0.316. The Morgan fingerprint density at radius 1 is 1.20 bits per heavy atom. The minimum absolute atomic E-state index is 0.0797. The topological polar surface area (TPSA) is 81.0 Å². The number of rotatable bonds is 6. The first-order chi connectivity index (χ1) is 12.2. The lowest BCUT2D eigenvalue weighted by Gasteiger charge is -2.17. The van der Waals surface area contributed by atoms with Gasteiger partial charge < -0.3 is 15.5 Å². The number of aromatic nitrogens is 1. The molecule has 0 spiro atoms. The number of benzene rings is 1. The first-order valence-corrected chi connectivity index (χ1v) is 8.45. The van der Waals surface area contributed by atoms with Crippen molar-refractivity contribution in [1.29, 1.82) is 5.26 Å². The molecule has 0 atom stereocenters. The molecule has 2 heterocycles. The Morgan fingerprint density at radius 2 is 1.96 bits per heavy atom. The van der Waals surface area contributed by atoms with Crippen molar-refractivity contribution < 1.29 is 4.79 Å². The number of amides is 1. The van der Waals surface area contributed by atoms with Crippen LogP contribution in [0.25, 0.3) is 0 Å². The van der Waals surface area contributed by atoms with Crippen molar-refractivity contribution in [3.63, 3.8) is 0 Å². The third-order valence-electron chi connectivity index (χ3n) is 4.20. The molecule has 25 heavy (non-hydrogen) atoms. The number of nitriles is 1. The van der Waals surface area contributed by atoms with Crippen molar-refractivity contribution in [3.8, 4) is 6.07 Å². The largest absolute Gasteiger partial charge is 0.376 e. The Kier molecular flexibility index (Phi) is 5.47. The Bertz CT molecular complexity index is 760. The highest BCUT2D eigenvalue weighted by molar-refractivity contribution is 5.80. The molecule has 0 saturated carbocycles. The van der Waals surface area contributed by atoms with Crippen molar-refractivity contribution in [1.82, 2.24) is 10.3 Å². The Balaban J connectivity index is 1.47. The third-order valence-corrected chi connectivity index (χ3v) is 4.20. The molecule has 0 aliphatic carbocycles. The van der Waals surface area contributed by atoms with Crippen LogP contribution < -0.4 is 15.5 Å². The van der Waals surface area contributed by atoms with Gasteiger partial charge in [0.05, 0.1) is 18.2 Å². The number of carbonyl (C=O) groups excluding carboxylic acids is 1. The summed E-state index contributed by atoms with van der Waals surface area (Å²) in [4.78, 5) is 18.7. The smallest absolute Gasteiger partial charge is 0.239 e. The van der Waals surface area contributed by atoms with Gasteiger partial charge in [-0.05, 0) is 54.8 Å². The monoisotopic (exact) mass is 335 g/mol. The molecular formula is C19H21N5O. The molecule has 0 unspecified atom stereocenters. The van der Waals surface area contributed by atoms with Crippen molar-refractivity contribution in [2.45, 2.75) is 19.4 Å². The fourth-order valence-corrected chi connectivity index (χ4v) is 2.80. The molecule has 1 aliphatic heterocycles. The van der Waals surface area contributed by atoms with Crippen molar-refractivity contribution in [2.75, 3.05) is 29.9 Å². The number of nitrogens with one attached hydrogen (secondary N) is 2. The first kappa shape index (κ1) is 16.8. The molecule has 0 radical (unpaired) electrons. The zero-order valence-electron chi connectivity index (χ0n) is 14.0. The third kappa shape index (κ3) is 4.70. The quantitative estimate of drug-likeness (QED) is 0.846. The molecule has 1 aromatic heterocycles. The number of hydrogen-bond acceptors (Lipinski definition) is 5. The zero-order valence-corrected chi connectivity index (χ0v) is 14.0. The summed E-state index contributed by atoms with van der Waals surface area (Å²) in [5.41, 5.74) is 2.46. The molecule has 1 saturated heterocycles. The molecular weight excluding hydrogens is 314 g/mol. The number of nitrogens with zero attached hydrogens (tertiary/aromatic N) is 3. The van der Waals surface area contributed by atoms with Gasteiger partial charge in [0.25, 0.3) is 0 Å². The van der Waals surface area contributed by atoms with Crippen LogP contribution in [0.15, 0.2) is 42.6 Å². The van der Waals surface area contributed by atoms with E-state index in [2.05, 4.69) is 26.6 Å². The van der Waals surface area contributed by atoms with Gasteiger partial charge in [-0.3, -0.25) is 4.79 Å². The summed E-state index contributed by atoms with van der Waals surface area (Å²) in [6, 6.07) is 13.0. The van der Waals surface area contributed by atoms with E-state index in [1.54, 1.807) is 30.5 Å². The van der Waals surface area contributed by atoms with E-state index in [0.717, 1.165) is 30.2 Å². The SMILES string of the molecule is N#Cc1ccc(NCC(=O)NCc2ccnc(N3CCCC3)c2)cc1. The van der Waals surface area contributed by atoms with Gasteiger partial charge in [0.2, 0.25) is 5.91 Å².